The topological polar surface area (TPSA) is 89.2 Å². The number of ether oxygens (including phenoxy) is 1. The van der Waals surface area contributed by atoms with E-state index < -0.39 is 0 Å². The molecular weight excluding hydrogens is 244 g/mol. The second kappa shape index (κ2) is 7.08. The van der Waals surface area contributed by atoms with Gasteiger partial charge >= 0.3 is 6.01 Å². The predicted octanol–water partition coefficient (Wildman–Crippen LogP) is 1.57. The number of hydrogen-bond acceptors (Lipinski definition) is 7. The molecule has 0 saturated heterocycles. The number of hydrogen-bond donors (Lipinski definition) is 2. The van der Waals surface area contributed by atoms with Gasteiger partial charge in [0.05, 0.1) is 6.10 Å². The van der Waals surface area contributed by atoms with Crippen molar-refractivity contribution in [2.24, 2.45) is 5.84 Å². The molecule has 0 unspecified atom stereocenters. The number of anilines is 2. The Bertz CT molecular complexity index is 396. The molecule has 0 bridgehead atoms. The fourth-order valence-corrected chi connectivity index (χ4v) is 1.63. The van der Waals surface area contributed by atoms with Crippen molar-refractivity contribution >= 4 is 11.9 Å². The zero-order chi connectivity index (χ0) is 14.4. The van der Waals surface area contributed by atoms with Gasteiger partial charge in [0, 0.05) is 12.6 Å². The van der Waals surface area contributed by atoms with Crippen LogP contribution < -0.4 is 20.9 Å². The Hall–Kier alpha value is -1.63. The van der Waals surface area contributed by atoms with Gasteiger partial charge in [0.15, 0.2) is 0 Å². The summed E-state index contributed by atoms with van der Waals surface area (Å²) in [5.74, 6) is 6.28. The molecule has 0 aromatic carbocycles. The van der Waals surface area contributed by atoms with Gasteiger partial charge in [0.25, 0.3) is 0 Å². The monoisotopic (exact) mass is 268 g/mol. The fraction of sp³-hybridized carbons (Fsp3) is 0.750. The molecule has 0 aliphatic carbocycles. The van der Waals surface area contributed by atoms with Crippen molar-refractivity contribution in [1.29, 1.82) is 0 Å². The van der Waals surface area contributed by atoms with Gasteiger partial charge in [-0.3, -0.25) is 5.43 Å². The van der Waals surface area contributed by atoms with Gasteiger partial charge in [0.2, 0.25) is 11.9 Å². The molecule has 7 nitrogen and oxygen atoms in total. The second-order valence-electron chi connectivity index (χ2n) is 4.84. The second-order valence-corrected chi connectivity index (χ2v) is 4.84. The lowest BCUT2D eigenvalue weighted by Crippen LogP contribution is -2.33. The van der Waals surface area contributed by atoms with Gasteiger partial charge in [-0.2, -0.15) is 15.0 Å². The van der Waals surface area contributed by atoms with Crippen LogP contribution in [0.1, 0.15) is 41.0 Å². The smallest absolute Gasteiger partial charge is 0.323 e. The van der Waals surface area contributed by atoms with Crippen molar-refractivity contribution in [2.75, 3.05) is 16.9 Å². The SMILES string of the molecule is CCCN(c1nc(NN)nc(OC(C)C)n1)C(C)C. The van der Waals surface area contributed by atoms with Crippen LogP contribution in [0.15, 0.2) is 0 Å². The van der Waals surface area contributed by atoms with E-state index >= 15 is 0 Å². The number of hydrazine groups is 1. The van der Waals surface area contributed by atoms with Crippen LogP contribution in [0.3, 0.4) is 0 Å². The summed E-state index contributed by atoms with van der Waals surface area (Å²) >= 11 is 0. The molecule has 3 N–H and O–H groups in total. The summed E-state index contributed by atoms with van der Waals surface area (Å²) in [5, 5.41) is 0. The van der Waals surface area contributed by atoms with E-state index in [2.05, 4.69) is 46.0 Å². The Kier molecular flexibility index (Phi) is 5.75. The van der Waals surface area contributed by atoms with Crippen molar-refractivity contribution in [3.63, 3.8) is 0 Å². The van der Waals surface area contributed by atoms with E-state index in [9.17, 15) is 0 Å². The molecule has 7 heteroatoms. The van der Waals surface area contributed by atoms with E-state index in [0.29, 0.717) is 17.9 Å². The molecule has 0 saturated carbocycles. The van der Waals surface area contributed by atoms with Gasteiger partial charge in [-0.25, -0.2) is 5.84 Å². The molecule has 1 heterocycles. The molecule has 0 aliphatic heterocycles. The zero-order valence-electron chi connectivity index (χ0n) is 12.3. The van der Waals surface area contributed by atoms with E-state index in [-0.39, 0.29) is 12.1 Å². The quantitative estimate of drug-likeness (QED) is 0.573. The number of nitrogens with one attached hydrogen (secondary N) is 1. The highest BCUT2D eigenvalue weighted by molar-refractivity contribution is 5.38. The van der Waals surface area contributed by atoms with Crippen LogP contribution in [0.25, 0.3) is 0 Å². The first-order valence-electron chi connectivity index (χ1n) is 6.63. The van der Waals surface area contributed by atoms with Crippen molar-refractivity contribution in [2.45, 2.75) is 53.2 Å². The molecule has 0 fully saturated rings. The molecule has 0 aliphatic rings. The van der Waals surface area contributed by atoms with Gasteiger partial charge in [-0.05, 0) is 34.1 Å². The first-order valence-corrected chi connectivity index (χ1v) is 6.63. The molecule has 1 aromatic rings. The minimum atomic E-state index is -0.000417. The maximum Gasteiger partial charge on any atom is 0.323 e. The summed E-state index contributed by atoms with van der Waals surface area (Å²) in [4.78, 5) is 14.8. The molecule has 0 atom stereocenters. The maximum atomic E-state index is 5.52. The van der Waals surface area contributed by atoms with Crippen molar-refractivity contribution in [3.8, 4) is 6.01 Å². The third-order valence-electron chi connectivity index (χ3n) is 2.42. The predicted molar refractivity (Wildman–Crippen MR) is 76.2 cm³/mol. The van der Waals surface area contributed by atoms with Crippen molar-refractivity contribution < 1.29 is 4.74 Å². The van der Waals surface area contributed by atoms with E-state index in [1.165, 1.54) is 0 Å². The van der Waals surface area contributed by atoms with Crippen LogP contribution >= 0.6 is 0 Å². The van der Waals surface area contributed by atoms with Crippen molar-refractivity contribution in [3.05, 3.63) is 0 Å². The van der Waals surface area contributed by atoms with Crippen LogP contribution in [0, 0.1) is 0 Å². The lowest BCUT2D eigenvalue weighted by molar-refractivity contribution is 0.222. The van der Waals surface area contributed by atoms with Gasteiger partial charge in [0.1, 0.15) is 0 Å². The van der Waals surface area contributed by atoms with Crippen LogP contribution in [0.5, 0.6) is 6.01 Å². The maximum absolute atomic E-state index is 5.52. The van der Waals surface area contributed by atoms with Crippen LogP contribution in [-0.2, 0) is 0 Å². The Labute approximate surface area is 114 Å². The molecule has 1 aromatic heterocycles. The Morgan fingerprint density at radius 2 is 1.89 bits per heavy atom. The molecule has 108 valence electrons. The first-order chi connectivity index (χ1) is 8.97. The summed E-state index contributed by atoms with van der Waals surface area (Å²) in [6, 6.07) is 0.578. The number of nitrogen functional groups attached to an aromatic ring is 1. The summed E-state index contributed by atoms with van der Waals surface area (Å²) in [6.07, 6.45) is 1.01. The minimum absolute atomic E-state index is 0.000417. The summed E-state index contributed by atoms with van der Waals surface area (Å²) in [6.45, 7) is 11.0. The van der Waals surface area contributed by atoms with Crippen molar-refractivity contribution in [1.82, 2.24) is 15.0 Å². The molecule has 0 spiro atoms. The molecule has 0 radical (unpaired) electrons. The normalized spacial score (nSPS) is 10.9. The average molecular weight is 268 g/mol. The number of aromatic nitrogens is 3. The standard InChI is InChI=1S/C12H24N6O/c1-6-7-18(8(2)3)11-14-10(17-13)15-12(16-11)19-9(4)5/h8-9H,6-7,13H2,1-5H3,(H,14,15,16,17). The first kappa shape index (κ1) is 15.4. The fourth-order valence-electron chi connectivity index (χ4n) is 1.63. The molecular formula is C12H24N6O. The molecule has 0 amide bonds. The molecule has 19 heavy (non-hydrogen) atoms. The third-order valence-corrected chi connectivity index (χ3v) is 2.42. The highest BCUT2D eigenvalue weighted by atomic mass is 16.5. The zero-order valence-corrected chi connectivity index (χ0v) is 12.3. The summed E-state index contributed by atoms with van der Waals surface area (Å²) in [7, 11) is 0. The Morgan fingerprint density at radius 1 is 1.21 bits per heavy atom. The minimum Gasteiger partial charge on any atom is -0.461 e. The number of rotatable bonds is 7. The van der Waals surface area contributed by atoms with E-state index in [1.807, 2.05) is 13.8 Å². The Morgan fingerprint density at radius 3 is 2.37 bits per heavy atom. The Balaban J connectivity index is 3.09. The number of nitrogens with two attached hydrogens (primary N) is 1. The van der Waals surface area contributed by atoms with Crippen LogP contribution in [0.4, 0.5) is 11.9 Å². The van der Waals surface area contributed by atoms with E-state index in [0.717, 1.165) is 13.0 Å². The van der Waals surface area contributed by atoms with E-state index in [4.69, 9.17) is 10.6 Å². The van der Waals surface area contributed by atoms with Gasteiger partial charge in [-0.1, -0.05) is 6.92 Å². The lowest BCUT2D eigenvalue weighted by atomic mass is 10.3. The highest BCUT2D eigenvalue weighted by Crippen LogP contribution is 2.17. The third kappa shape index (κ3) is 4.51. The molecule has 1 rings (SSSR count). The average Bonchev–Trinajstić information content (AvgIpc) is 2.34. The van der Waals surface area contributed by atoms with Gasteiger partial charge < -0.3 is 9.64 Å². The largest absolute Gasteiger partial charge is 0.461 e. The summed E-state index contributed by atoms with van der Waals surface area (Å²) in [5.41, 5.74) is 2.45. The van der Waals surface area contributed by atoms with E-state index in [1.54, 1.807) is 0 Å². The van der Waals surface area contributed by atoms with Crippen LogP contribution in [0.2, 0.25) is 0 Å². The highest BCUT2D eigenvalue weighted by Gasteiger charge is 2.16. The lowest BCUT2D eigenvalue weighted by Gasteiger charge is -2.26. The number of nitrogens with zero attached hydrogens (tertiary/aromatic N) is 4. The summed E-state index contributed by atoms with van der Waals surface area (Å²) < 4.78 is 5.52. The van der Waals surface area contributed by atoms with Crippen LogP contribution in [-0.4, -0.2) is 33.6 Å². The van der Waals surface area contributed by atoms with Gasteiger partial charge in [-0.15, -0.1) is 0 Å².